The van der Waals surface area contributed by atoms with Gasteiger partial charge in [-0.05, 0) is 155 Å². The van der Waals surface area contributed by atoms with Gasteiger partial charge in [0, 0.05) is 26.1 Å². The maximum Gasteiger partial charge on any atom is 0.410 e. The van der Waals surface area contributed by atoms with Gasteiger partial charge in [-0.25, -0.2) is 24.0 Å². The summed E-state index contributed by atoms with van der Waals surface area (Å²) < 4.78 is 47.0. The van der Waals surface area contributed by atoms with Gasteiger partial charge in [0.1, 0.15) is 63.8 Å². The molecule has 4 rings (SSSR count). The molecule has 4 aliphatic rings. The first-order valence-corrected chi connectivity index (χ1v) is 26.9. The Kier molecular flexibility index (Phi) is 21.6. The normalized spacial score (nSPS) is 28.9. The zero-order valence-electron chi connectivity index (χ0n) is 49.0. The van der Waals surface area contributed by atoms with Crippen molar-refractivity contribution in [2.24, 2.45) is 11.8 Å². The summed E-state index contributed by atoms with van der Waals surface area (Å²) in [6.07, 6.45) is -9.89. The van der Waals surface area contributed by atoms with Gasteiger partial charge in [0.25, 0.3) is 5.91 Å². The summed E-state index contributed by atoms with van der Waals surface area (Å²) in [6, 6.07) is -3.64. The molecule has 0 spiro atoms. The molecule has 6 amide bonds. The molecule has 3 fully saturated rings. The molecule has 78 heavy (non-hydrogen) atoms. The molecule has 10 N–H and O–H groups in total. The van der Waals surface area contributed by atoms with Crippen LogP contribution >= 0.6 is 0 Å². The Labute approximate surface area is 459 Å². The quantitative estimate of drug-likeness (QED) is 0.0988. The van der Waals surface area contributed by atoms with Crippen LogP contribution in [-0.4, -0.2) is 196 Å². The van der Waals surface area contributed by atoms with Gasteiger partial charge in [0.05, 0.1) is 49.5 Å². The van der Waals surface area contributed by atoms with Crippen LogP contribution in [0.2, 0.25) is 0 Å². The first-order valence-electron chi connectivity index (χ1n) is 26.9. The second-order valence-corrected chi connectivity index (χ2v) is 26.2. The molecule has 2 heterocycles. The molecule has 25 nitrogen and oxygen atoms in total. The molecular weight excluding hydrogens is 1020 g/mol. The summed E-state index contributed by atoms with van der Waals surface area (Å²) in [6.45, 7) is 25.8. The molecule has 0 aromatic heterocycles. The van der Waals surface area contributed by atoms with Crippen molar-refractivity contribution in [2.75, 3.05) is 39.8 Å². The highest BCUT2D eigenvalue weighted by Gasteiger charge is 2.56. The number of carbonyl (C=O) groups is 6. The fraction of sp³-hybridized carbons (Fsp3) is 0.849. The molecule has 0 radical (unpaired) electrons. The topological polar surface area (TPSA) is 333 Å². The van der Waals surface area contributed by atoms with E-state index in [2.05, 4.69) is 31.9 Å². The second kappa shape index (κ2) is 25.7. The van der Waals surface area contributed by atoms with Crippen molar-refractivity contribution in [3.8, 4) is 0 Å². The molecule has 2 aliphatic carbocycles. The molecule has 12 atom stereocenters. The Morgan fingerprint density at radius 2 is 1.28 bits per heavy atom. The number of amides is 6. The van der Waals surface area contributed by atoms with Crippen LogP contribution < -0.4 is 31.9 Å². The lowest BCUT2D eigenvalue weighted by Crippen LogP contribution is -2.69. The van der Waals surface area contributed by atoms with Gasteiger partial charge in [0.2, 0.25) is 0 Å². The Morgan fingerprint density at radius 3 is 1.82 bits per heavy atom. The number of likely N-dealkylation sites (N-methyl/N-ethyl adjacent to an activating group) is 1. The number of nitrogens with zero attached hydrogens (tertiary/aromatic N) is 1. The van der Waals surface area contributed by atoms with Crippen LogP contribution in [0.5, 0.6) is 0 Å². The van der Waals surface area contributed by atoms with Crippen molar-refractivity contribution in [3.63, 3.8) is 0 Å². The standard InChI is InChI=1S/C53H93N7O18/c1-47(2,3)74-42(65)55-24-29-23-32(57-40(64)33(61)26-56-43(66)75-48(4,5)6)38(73-41-36(63)39(52(16,70)28-71-41)60(17)46(69)78-51(13,14)15)35(62)34(29)37-31(58-44(67)76-49(7,8)9)20-19-30(72-37)25-54-27-53(21-18-22-53)59-45(68)77-50(10,11)12/h19,29,31-39,41,54,61-63,70H,18,20-28H2,1-17H3,(H,55,65)(H,56,66)(H,57,64)(H,58,67)(H,59,68)/t29-,31-,32-,33+,34?,35+,36-,37+,38+,39-,41-,52+/m1/s1. The third-order valence-corrected chi connectivity index (χ3v) is 13.0. The predicted octanol–water partition coefficient (Wildman–Crippen LogP) is 3.57. The fourth-order valence-electron chi connectivity index (χ4n) is 9.72. The number of aliphatic hydroxyl groups excluding tert-OH is 3. The summed E-state index contributed by atoms with van der Waals surface area (Å²) in [7, 11) is 1.32. The van der Waals surface area contributed by atoms with Crippen LogP contribution in [0.4, 0.5) is 24.0 Å². The highest BCUT2D eigenvalue weighted by molar-refractivity contribution is 5.82. The molecular formula is C53H93N7O18. The third-order valence-electron chi connectivity index (χ3n) is 13.0. The highest BCUT2D eigenvalue weighted by Crippen LogP contribution is 2.42. The number of hydrogen-bond donors (Lipinski definition) is 10. The van der Waals surface area contributed by atoms with Crippen LogP contribution in [0.25, 0.3) is 0 Å². The van der Waals surface area contributed by atoms with Crippen LogP contribution in [0.3, 0.4) is 0 Å². The zero-order chi connectivity index (χ0) is 59.1. The van der Waals surface area contributed by atoms with Gasteiger partial charge >= 0.3 is 30.5 Å². The van der Waals surface area contributed by atoms with Crippen molar-refractivity contribution in [3.05, 3.63) is 11.8 Å². The SMILES string of the molecule is CN(C(=O)OC(C)(C)C)[C@@H]1[C@@H](O)[C@@H](O[C@H]2[C@H](NC(=O)[C@@H](O)CNC(=O)OC(C)(C)C)C[C@H](CNC(=O)OC(C)(C)C)C([C@H]3OC(CNCC4(NC(=O)OC(C)(C)C)CCC4)=CC[C@H]3NC(=O)OC(C)(C)C)[C@@H]2O)OC[C@]1(C)O. The van der Waals surface area contributed by atoms with E-state index in [9.17, 15) is 49.2 Å². The number of rotatable bonds is 16. The van der Waals surface area contributed by atoms with Crippen LogP contribution in [0, 0.1) is 11.8 Å². The van der Waals surface area contributed by atoms with E-state index in [4.69, 9.17) is 37.9 Å². The zero-order valence-corrected chi connectivity index (χ0v) is 49.0. The lowest BCUT2D eigenvalue weighted by Gasteiger charge is -2.52. The van der Waals surface area contributed by atoms with Crippen molar-refractivity contribution in [2.45, 2.75) is 237 Å². The number of carbonyl (C=O) groups excluding carboxylic acids is 6. The minimum atomic E-state index is -1.88. The average molecular weight is 1120 g/mol. The molecule has 25 heteroatoms. The molecule has 1 saturated heterocycles. The average Bonchev–Trinajstić information content (AvgIpc) is 3.23. The third kappa shape index (κ3) is 20.3. The summed E-state index contributed by atoms with van der Waals surface area (Å²) >= 11 is 0. The number of ether oxygens (including phenoxy) is 8. The van der Waals surface area contributed by atoms with Crippen LogP contribution in [-0.2, 0) is 42.7 Å². The molecule has 2 aliphatic heterocycles. The maximum absolute atomic E-state index is 14.0. The second-order valence-electron chi connectivity index (χ2n) is 26.2. The molecule has 0 aromatic carbocycles. The van der Waals surface area contributed by atoms with Gasteiger partial charge in [-0.3, -0.25) is 4.79 Å². The van der Waals surface area contributed by atoms with Crippen molar-refractivity contribution >= 4 is 36.4 Å². The van der Waals surface area contributed by atoms with Gasteiger partial charge in [-0.1, -0.05) is 0 Å². The first kappa shape index (κ1) is 65.6. The Balaban J connectivity index is 1.80. The fourth-order valence-corrected chi connectivity index (χ4v) is 9.72. The summed E-state index contributed by atoms with van der Waals surface area (Å²) in [5, 5.41) is 65.1. The van der Waals surface area contributed by atoms with Crippen LogP contribution in [0.15, 0.2) is 11.8 Å². The lowest BCUT2D eigenvalue weighted by molar-refractivity contribution is -0.307. The summed E-state index contributed by atoms with van der Waals surface area (Å²) in [4.78, 5) is 80.9. The molecule has 0 aromatic rings. The van der Waals surface area contributed by atoms with E-state index in [1.54, 1.807) is 110 Å². The van der Waals surface area contributed by atoms with Gasteiger partial charge in [-0.2, -0.15) is 0 Å². The van der Waals surface area contributed by atoms with Crippen molar-refractivity contribution < 1.29 is 87.1 Å². The maximum atomic E-state index is 14.0. The largest absolute Gasteiger partial charge is 0.491 e. The number of nitrogens with one attached hydrogen (secondary N) is 6. The minimum Gasteiger partial charge on any atom is -0.491 e. The number of aliphatic hydroxyl groups is 4. The Hall–Kier alpha value is -4.92. The molecule has 448 valence electrons. The summed E-state index contributed by atoms with van der Waals surface area (Å²) in [5.41, 5.74) is -6.89. The van der Waals surface area contributed by atoms with E-state index in [1.165, 1.54) is 14.0 Å². The predicted molar refractivity (Wildman–Crippen MR) is 283 cm³/mol. The van der Waals surface area contributed by atoms with E-state index < -0.39 is 155 Å². The van der Waals surface area contributed by atoms with E-state index >= 15 is 0 Å². The molecule has 2 saturated carbocycles. The van der Waals surface area contributed by atoms with Gasteiger partial charge < -0.3 is 95.1 Å². The van der Waals surface area contributed by atoms with Crippen LogP contribution in [0.1, 0.15) is 143 Å². The van der Waals surface area contributed by atoms with Crippen molar-refractivity contribution in [1.29, 1.82) is 0 Å². The van der Waals surface area contributed by atoms with E-state index in [0.29, 0.717) is 25.1 Å². The Morgan fingerprint density at radius 1 is 0.744 bits per heavy atom. The molecule has 0 bridgehead atoms. The van der Waals surface area contributed by atoms with Gasteiger partial charge in [-0.15, -0.1) is 0 Å². The number of hydrogen-bond acceptors (Lipinski definition) is 19. The van der Waals surface area contributed by atoms with E-state index in [1.807, 2.05) is 0 Å². The first-order chi connectivity index (χ1) is 35.6. The van der Waals surface area contributed by atoms with Crippen molar-refractivity contribution in [1.82, 2.24) is 36.8 Å². The molecule has 1 unspecified atom stereocenters. The Bertz CT molecular complexity index is 2100. The number of alkyl carbamates (subject to hydrolysis) is 4. The highest BCUT2D eigenvalue weighted by atomic mass is 16.7. The minimum absolute atomic E-state index is 0.124. The van der Waals surface area contributed by atoms with E-state index in [0.717, 1.165) is 11.3 Å². The van der Waals surface area contributed by atoms with E-state index in [-0.39, 0.29) is 25.9 Å². The lowest BCUT2D eigenvalue weighted by atomic mass is 9.68. The van der Waals surface area contributed by atoms with Gasteiger partial charge in [0.15, 0.2) is 6.29 Å². The smallest absolute Gasteiger partial charge is 0.410 e. The summed E-state index contributed by atoms with van der Waals surface area (Å²) in [5.74, 6) is -2.65. The monoisotopic (exact) mass is 1120 g/mol.